The van der Waals surface area contributed by atoms with E-state index in [9.17, 15) is 9.18 Å². The molecule has 0 aromatic heterocycles. The summed E-state index contributed by atoms with van der Waals surface area (Å²) in [4.78, 5) is 12.0. The van der Waals surface area contributed by atoms with Crippen LogP contribution in [0.4, 0.5) is 4.39 Å². The maximum absolute atomic E-state index is 13.8. The molecule has 0 amide bonds. The molecule has 0 radical (unpaired) electrons. The first-order chi connectivity index (χ1) is 9.60. The van der Waals surface area contributed by atoms with Crippen LogP contribution in [0, 0.1) is 12.7 Å². The van der Waals surface area contributed by atoms with E-state index in [4.69, 9.17) is 4.74 Å². The highest BCUT2D eigenvalue weighted by molar-refractivity contribution is 5.96. The molecule has 0 fully saturated rings. The van der Waals surface area contributed by atoms with E-state index in [1.54, 1.807) is 6.07 Å². The Morgan fingerprint density at radius 3 is 2.45 bits per heavy atom. The van der Waals surface area contributed by atoms with Crippen LogP contribution in [0.1, 0.15) is 27.9 Å². The minimum Gasteiger partial charge on any atom is -0.497 e. The van der Waals surface area contributed by atoms with Crippen LogP contribution >= 0.6 is 0 Å². The van der Waals surface area contributed by atoms with Gasteiger partial charge in [-0.2, -0.15) is 0 Å². The summed E-state index contributed by atoms with van der Waals surface area (Å²) in [6.45, 7) is 2.02. The molecule has 0 bridgehead atoms. The molecule has 0 unspecified atom stereocenters. The molecule has 104 valence electrons. The van der Waals surface area contributed by atoms with E-state index in [2.05, 4.69) is 0 Å². The molecule has 0 atom stereocenters. The SMILES string of the molecule is COc1ccc(C(=O)CCc2ccc(C)cc2)c(F)c1. The zero-order chi connectivity index (χ0) is 14.5. The number of benzene rings is 2. The lowest BCUT2D eigenvalue weighted by Gasteiger charge is -2.05. The van der Waals surface area contributed by atoms with Crippen molar-refractivity contribution in [1.29, 1.82) is 0 Å². The average molecular weight is 272 g/mol. The topological polar surface area (TPSA) is 26.3 Å². The zero-order valence-corrected chi connectivity index (χ0v) is 11.7. The van der Waals surface area contributed by atoms with Crippen LogP contribution in [0.5, 0.6) is 5.75 Å². The molecule has 20 heavy (non-hydrogen) atoms. The van der Waals surface area contributed by atoms with E-state index in [1.807, 2.05) is 31.2 Å². The number of hydrogen-bond acceptors (Lipinski definition) is 2. The number of methoxy groups -OCH3 is 1. The van der Waals surface area contributed by atoms with Crippen LogP contribution in [0.3, 0.4) is 0 Å². The quantitative estimate of drug-likeness (QED) is 0.770. The summed E-state index contributed by atoms with van der Waals surface area (Å²) in [6.07, 6.45) is 0.914. The van der Waals surface area contributed by atoms with Crippen molar-refractivity contribution in [2.45, 2.75) is 19.8 Å². The molecule has 0 N–H and O–H groups in total. The number of aryl methyl sites for hydroxylation is 2. The van der Waals surface area contributed by atoms with Crippen LogP contribution in [-0.2, 0) is 6.42 Å². The molecule has 2 aromatic rings. The lowest BCUT2D eigenvalue weighted by molar-refractivity contribution is 0.0979. The van der Waals surface area contributed by atoms with Gasteiger partial charge in [-0.05, 0) is 31.0 Å². The minimum atomic E-state index is -0.529. The third-order valence-electron chi connectivity index (χ3n) is 3.24. The Morgan fingerprint density at radius 2 is 1.85 bits per heavy atom. The predicted octanol–water partition coefficient (Wildman–Crippen LogP) is 3.96. The fourth-order valence-corrected chi connectivity index (χ4v) is 2.00. The number of hydrogen-bond donors (Lipinski definition) is 0. The van der Waals surface area contributed by atoms with Crippen LogP contribution in [0.15, 0.2) is 42.5 Å². The molecule has 0 spiro atoms. The fraction of sp³-hybridized carbons (Fsp3) is 0.235. The van der Waals surface area contributed by atoms with Gasteiger partial charge in [0, 0.05) is 12.5 Å². The normalized spacial score (nSPS) is 10.3. The molecule has 3 heteroatoms. The lowest BCUT2D eigenvalue weighted by Crippen LogP contribution is -2.04. The molecule has 2 aromatic carbocycles. The molecule has 0 aliphatic rings. The highest BCUT2D eigenvalue weighted by atomic mass is 19.1. The second-order valence-corrected chi connectivity index (χ2v) is 4.75. The highest BCUT2D eigenvalue weighted by Crippen LogP contribution is 2.18. The lowest BCUT2D eigenvalue weighted by atomic mass is 10.0. The zero-order valence-electron chi connectivity index (χ0n) is 11.7. The number of ketones is 1. The number of carbonyl (C=O) groups is 1. The van der Waals surface area contributed by atoms with Gasteiger partial charge in [0.25, 0.3) is 0 Å². The number of Topliss-reactive ketones (excluding diaryl/α,β-unsaturated/α-hetero) is 1. The average Bonchev–Trinajstić information content (AvgIpc) is 2.46. The summed E-state index contributed by atoms with van der Waals surface area (Å²) in [7, 11) is 1.47. The van der Waals surface area contributed by atoms with Crippen molar-refractivity contribution in [3.63, 3.8) is 0 Å². The van der Waals surface area contributed by atoms with Crippen LogP contribution in [-0.4, -0.2) is 12.9 Å². The Bertz CT molecular complexity index is 603. The number of halogens is 1. The molecular weight excluding hydrogens is 255 g/mol. The summed E-state index contributed by atoms with van der Waals surface area (Å²) >= 11 is 0. The van der Waals surface area contributed by atoms with Gasteiger partial charge in [-0.3, -0.25) is 4.79 Å². The summed E-state index contributed by atoms with van der Waals surface area (Å²) < 4.78 is 18.7. The third-order valence-corrected chi connectivity index (χ3v) is 3.24. The van der Waals surface area contributed by atoms with E-state index in [-0.39, 0.29) is 11.3 Å². The first-order valence-corrected chi connectivity index (χ1v) is 6.52. The van der Waals surface area contributed by atoms with E-state index in [0.29, 0.717) is 18.6 Å². The Morgan fingerprint density at radius 1 is 1.15 bits per heavy atom. The van der Waals surface area contributed by atoms with Gasteiger partial charge < -0.3 is 4.74 Å². The monoisotopic (exact) mass is 272 g/mol. The predicted molar refractivity (Wildman–Crippen MR) is 76.8 cm³/mol. The number of carbonyl (C=O) groups excluding carboxylic acids is 1. The molecule has 0 saturated carbocycles. The smallest absolute Gasteiger partial charge is 0.166 e. The second-order valence-electron chi connectivity index (χ2n) is 4.75. The number of ether oxygens (including phenoxy) is 1. The summed E-state index contributed by atoms with van der Waals surface area (Å²) in [6, 6.07) is 12.3. The van der Waals surface area contributed by atoms with E-state index in [0.717, 1.165) is 5.56 Å². The standard InChI is InChI=1S/C17H17FO2/c1-12-3-5-13(6-4-12)7-10-17(19)15-9-8-14(20-2)11-16(15)18/h3-6,8-9,11H,7,10H2,1-2H3. The molecular formula is C17H17FO2. The second kappa shape index (κ2) is 6.33. The van der Waals surface area contributed by atoms with Crippen molar-refractivity contribution < 1.29 is 13.9 Å². The van der Waals surface area contributed by atoms with E-state index < -0.39 is 5.82 Å². The van der Waals surface area contributed by atoms with Crippen molar-refractivity contribution in [2.24, 2.45) is 0 Å². The summed E-state index contributed by atoms with van der Waals surface area (Å²) in [5.74, 6) is -0.304. The van der Waals surface area contributed by atoms with Gasteiger partial charge in [0.2, 0.25) is 0 Å². The Hall–Kier alpha value is -2.16. The first kappa shape index (κ1) is 14.3. The van der Waals surface area contributed by atoms with E-state index >= 15 is 0 Å². The van der Waals surface area contributed by atoms with Crippen molar-refractivity contribution >= 4 is 5.78 Å². The van der Waals surface area contributed by atoms with E-state index in [1.165, 1.54) is 24.8 Å². The fourth-order valence-electron chi connectivity index (χ4n) is 2.00. The van der Waals surface area contributed by atoms with Crippen molar-refractivity contribution in [2.75, 3.05) is 7.11 Å². The maximum Gasteiger partial charge on any atom is 0.166 e. The van der Waals surface area contributed by atoms with Crippen molar-refractivity contribution in [1.82, 2.24) is 0 Å². The Balaban J connectivity index is 2.03. The van der Waals surface area contributed by atoms with Crippen LogP contribution in [0.2, 0.25) is 0 Å². The van der Waals surface area contributed by atoms with Gasteiger partial charge in [-0.15, -0.1) is 0 Å². The van der Waals surface area contributed by atoms with Gasteiger partial charge in [-0.1, -0.05) is 29.8 Å². The molecule has 0 aliphatic heterocycles. The van der Waals surface area contributed by atoms with Crippen molar-refractivity contribution in [3.05, 3.63) is 65.0 Å². The number of rotatable bonds is 5. The van der Waals surface area contributed by atoms with Crippen molar-refractivity contribution in [3.8, 4) is 5.75 Å². The summed E-state index contributed by atoms with van der Waals surface area (Å²) in [5, 5.41) is 0. The highest BCUT2D eigenvalue weighted by Gasteiger charge is 2.12. The van der Waals surface area contributed by atoms with Gasteiger partial charge >= 0.3 is 0 Å². The summed E-state index contributed by atoms with van der Waals surface area (Å²) in [5.41, 5.74) is 2.39. The van der Waals surface area contributed by atoms with Crippen LogP contribution < -0.4 is 4.74 Å². The molecule has 0 heterocycles. The first-order valence-electron chi connectivity index (χ1n) is 6.52. The Kier molecular flexibility index (Phi) is 4.51. The maximum atomic E-state index is 13.8. The largest absolute Gasteiger partial charge is 0.497 e. The molecule has 0 aliphatic carbocycles. The van der Waals surface area contributed by atoms with Gasteiger partial charge in [-0.25, -0.2) is 4.39 Å². The minimum absolute atomic E-state index is 0.123. The Labute approximate surface area is 118 Å². The molecule has 2 rings (SSSR count). The van der Waals surface area contributed by atoms with Gasteiger partial charge in [0.05, 0.1) is 12.7 Å². The van der Waals surface area contributed by atoms with Gasteiger partial charge in [0.15, 0.2) is 5.78 Å². The van der Waals surface area contributed by atoms with Crippen LogP contribution in [0.25, 0.3) is 0 Å². The van der Waals surface area contributed by atoms with Gasteiger partial charge in [0.1, 0.15) is 11.6 Å². The third kappa shape index (κ3) is 3.44. The molecule has 0 saturated heterocycles. The molecule has 2 nitrogen and oxygen atoms in total.